The van der Waals surface area contributed by atoms with Crippen LogP contribution in [0.2, 0.25) is 5.28 Å². The van der Waals surface area contributed by atoms with Gasteiger partial charge in [0, 0.05) is 18.8 Å². The summed E-state index contributed by atoms with van der Waals surface area (Å²) in [6.45, 7) is 5.10. The largest absolute Gasteiger partial charge is 0.378 e. The molecule has 0 amide bonds. The normalized spacial score (nSPS) is 16.0. The van der Waals surface area contributed by atoms with Crippen LogP contribution in [0.15, 0.2) is 12.1 Å². The van der Waals surface area contributed by atoms with Crippen molar-refractivity contribution in [3.8, 4) is 0 Å². The number of anilines is 1. The first-order valence-electron chi connectivity index (χ1n) is 6.44. The van der Waals surface area contributed by atoms with E-state index in [1.165, 1.54) is 0 Å². The maximum absolute atomic E-state index is 6.01. The van der Waals surface area contributed by atoms with Gasteiger partial charge in [-0.2, -0.15) is 4.98 Å². The van der Waals surface area contributed by atoms with Crippen molar-refractivity contribution in [2.45, 2.75) is 13.3 Å². The Hall–Kier alpha value is -1.46. The molecule has 0 N–H and O–H groups in total. The van der Waals surface area contributed by atoms with Crippen molar-refractivity contribution in [2.75, 3.05) is 31.2 Å². The molecule has 1 aliphatic rings. The van der Waals surface area contributed by atoms with E-state index in [1.807, 2.05) is 12.1 Å². The van der Waals surface area contributed by atoms with Crippen molar-refractivity contribution in [1.29, 1.82) is 0 Å². The van der Waals surface area contributed by atoms with Crippen LogP contribution in [0.25, 0.3) is 11.0 Å². The Kier molecular flexibility index (Phi) is 3.48. The van der Waals surface area contributed by atoms with E-state index >= 15 is 0 Å². The number of aromatic nitrogens is 3. The molecule has 0 bridgehead atoms. The fourth-order valence-corrected chi connectivity index (χ4v) is 2.38. The fourth-order valence-electron chi connectivity index (χ4n) is 2.20. The summed E-state index contributed by atoms with van der Waals surface area (Å²) in [7, 11) is 0. The predicted molar refractivity (Wildman–Crippen MR) is 74.8 cm³/mol. The van der Waals surface area contributed by atoms with Crippen molar-refractivity contribution in [2.24, 2.45) is 0 Å². The number of halogens is 1. The average Bonchev–Trinajstić information content (AvgIpc) is 2.47. The second-order valence-corrected chi connectivity index (χ2v) is 4.78. The molecule has 0 unspecified atom stereocenters. The number of fused-ring (bicyclic) bond motifs is 1. The standard InChI is InChI=1S/C13H15ClN4O/c1-2-9-3-4-10-11(15-9)12(17-13(14)16-10)18-5-7-19-8-6-18/h3-4H,2,5-8H2,1H3. The van der Waals surface area contributed by atoms with Gasteiger partial charge >= 0.3 is 0 Å². The third-order valence-electron chi connectivity index (χ3n) is 3.23. The smallest absolute Gasteiger partial charge is 0.225 e. The number of morpholine rings is 1. The van der Waals surface area contributed by atoms with Crippen LogP contribution in [0.3, 0.4) is 0 Å². The van der Waals surface area contributed by atoms with Crippen LogP contribution in [0.4, 0.5) is 5.82 Å². The maximum atomic E-state index is 6.01. The lowest BCUT2D eigenvalue weighted by atomic mass is 10.2. The topological polar surface area (TPSA) is 51.1 Å². The van der Waals surface area contributed by atoms with Crippen LogP contribution in [0.5, 0.6) is 0 Å². The van der Waals surface area contributed by atoms with E-state index in [-0.39, 0.29) is 5.28 Å². The molecule has 0 spiro atoms. The van der Waals surface area contributed by atoms with Gasteiger partial charge in [0.2, 0.25) is 5.28 Å². The molecule has 0 atom stereocenters. The van der Waals surface area contributed by atoms with Gasteiger partial charge in [0.15, 0.2) is 5.82 Å². The highest BCUT2D eigenvalue weighted by Crippen LogP contribution is 2.24. The van der Waals surface area contributed by atoms with Gasteiger partial charge in [-0.15, -0.1) is 0 Å². The molecule has 1 aliphatic heterocycles. The first-order valence-corrected chi connectivity index (χ1v) is 6.81. The molecule has 3 heterocycles. The molecule has 2 aromatic heterocycles. The molecule has 5 nitrogen and oxygen atoms in total. The average molecular weight is 279 g/mol. The number of ether oxygens (including phenoxy) is 1. The number of nitrogens with zero attached hydrogens (tertiary/aromatic N) is 4. The van der Waals surface area contributed by atoms with Gasteiger partial charge in [0.1, 0.15) is 5.52 Å². The summed E-state index contributed by atoms with van der Waals surface area (Å²) in [6.07, 6.45) is 0.890. The Labute approximate surface area is 116 Å². The van der Waals surface area contributed by atoms with Crippen molar-refractivity contribution in [3.05, 3.63) is 23.1 Å². The van der Waals surface area contributed by atoms with Gasteiger partial charge in [-0.1, -0.05) is 6.92 Å². The quantitative estimate of drug-likeness (QED) is 0.787. The first kappa shape index (κ1) is 12.6. The molecular weight excluding hydrogens is 264 g/mol. The van der Waals surface area contributed by atoms with Crippen molar-refractivity contribution < 1.29 is 4.74 Å². The summed E-state index contributed by atoms with van der Waals surface area (Å²) < 4.78 is 5.37. The summed E-state index contributed by atoms with van der Waals surface area (Å²) >= 11 is 6.01. The number of pyridine rings is 1. The maximum Gasteiger partial charge on any atom is 0.225 e. The van der Waals surface area contributed by atoms with Gasteiger partial charge < -0.3 is 9.64 Å². The van der Waals surface area contributed by atoms with Crippen LogP contribution in [0.1, 0.15) is 12.6 Å². The second-order valence-electron chi connectivity index (χ2n) is 4.44. The molecule has 0 aliphatic carbocycles. The Morgan fingerprint density at radius 1 is 1.21 bits per heavy atom. The highest BCUT2D eigenvalue weighted by atomic mass is 35.5. The summed E-state index contributed by atoms with van der Waals surface area (Å²) in [5.41, 5.74) is 2.65. The van der Waals surface area contributed by atoms with Gasteiger partial charge in [0.05, 0.1) is 18.7 Å². The lowest BCUT2D eigenvalue weighted by molar-refractivity contribution is 0.122. The van der Waals surface area contributed by atoms with Crippen LogP contribution in [-0.4, -0.2) is 41.3 Å². The molecule has 3 rings (SSSR count). The third-order valence-corrected chi connectivity index (χ3v) is 3.40. The molecule has 0 radical (unpaired) electrons. The van der Waals surface area contributed by atoms with Gasteiger partial charge in [-0.25, -0.2) is 9.97 Å². The van der Waals surface area contributed by atoms with Crippen molar-refractivity contribution >= 4 is 28.5 Å². The van der Waals surface area contributed by atoms with E-state index in [1.54, 1.807) is 0 Å². The Morgan fingerprint density at radius 3 is 2.74 bits per heavy atom. The summed E-state index contributed by atoms with van der Waals surface area (Å²) in [5, 5.41) is 0.264. The minimum Gasteiger partial charge on any atom is -0.378 e. The lowest BCUT2D eigenvalue weighted by Gasteiger charge is -2.28. The monoisotopic (exact) mass is 278 g/mol. The number of aryl methyl sites for hydroxylation is 1. The molecule has 1 saturated heterocycles. The molecule has 6 heteroatoms. The summed E-state index contributed by atoms with van der Waals surface area (Å²) in [5.74, 6) is 0.814. The zero-order valence-corrected chi connectivity index (χ0v) is 11.5. The fraction of sp³-hybridized carbons (Fsp3) is 0.462. The molecule has 100 valence electrons. The van der Waals surface area contributed by atoms with Crippen molar-refractivity contribution in [1.82, 2.24) is 15.0 Å². The number of rotatable bonds is 2. The lowest BCUT2D eigenvalue weighted by Crippen LogP contribution is -2.37. The predicted octanol–water partition coefficient (Wildman–Crippen LogP) is 2.08. The van der Waals surface area contributed by atoms with Gasteiger partial charge in [0.25, 0.3) is 0 Å². The number of hydrogen-bond donors (Lipinski definition) is 0. The Morgan fingerprint density at radius 2 is 2.00 bits per heavy atom. The Balaban J connectivity index is 2.14. The molecule has 0 saturated carbocycles. The second kappa shape index (κ2) is 5.27. The minimum atomic E-state index is 0.264. The van der Waals surface area contributed by atoms with Crippen LogP contribution in [-0.2, 0) is 11.2 Å². The highest BCUT2D eigenvalue weighted by Gasteiger charge is 2.18. The molecule has 1 fully saturated rings. The molecule has 19 heavy (non-hydrogen) atoms. The Bertz CT molecular complexity index is 598. The van der Waals surface area contributed by atoms with Gasteiger partial charge in [-0.3, -0.25) is 0 Å². The highest BCUT2D eigenvalue weighted by molar-refractivity contribution is 6.28. The molecular formula is C13H15ClN4O. The molecule has 0 aromatic carbocycles. The van der Waals surface area contributed by atoms with E-state index in [4.69, 9.17) is 16.3 Å². The van der Waals surface area contributed by atoms with Gasteiger partial charge in [-0.05, 0) is 30.2 Å². The summed E-state index contributed by atoms with van der Waals surface area (Å²) in [4.78, 5) is 15.4. The van der Waals surface area contributed by atoms with E-state index in [2.05, 4.69) is 26.8 Å². The van der Waals surface area contributed by atoms with E-state index in [0.29, 0.717) is 13.2 Å². The first-order chi connectivity index (χ1) is 9.28. The van der Waals surface area contributed by atoms with E-state index in [9.17, 15) is 0 Å². The van der Waals surface area contributed by atoms with E-state index in [0.717, 1.165) is 42.1 Å². The van der Waals surface area contributed by atoms with Crippen molar-refractivity contribution in [3.63, 3.8) is 0 Å². The zero-order chi connectivity index (χ0) is 13.2. The number of hydrogen-bond acceptors (Lipinski definition) is 5. The minimum absolute atomic E-state index is 0.264. The molecule has 2 aromatic rings. The third kappa shape index (κ3) is 2.48. The SMILES string of the molecule is CCc1ccc2nc(Cl)nc(N3CCOCC3)c2n1. The van der Waals surface area contributed by atoms with Crippen LogP contribution in [0, 0.1) is 0 Å². The van der Waals surface area contributed by atoms with E-state index < -0.39 is 0 Å². The van der Waals surface area contributed by atoms with Crippen LogP contribution < -0.4 is 4.90 Å². The van der Waals surface area contributed by atoms with Crippen LogP contribution >= 0.6 is 11.6 Å². The zero-order valence-electron chi connectivity index (χ0n) is 10.8. The summed E-state index contributed by atoms with van der Waals surface area (Å²) in [6, 6.07) is 3.94.